The molecule has 1 fully saturated rings. The molecule has 1 aliphatic carbocycles. The average molecular weight is 406 g/mol. The van der Waals surface area contributed by atoms with E-state index in [-0.39, 0.29) is 5.91 Å². The smallest absolute Gasteiger partial charge is 0.230 e. The summed E-state index contributed by atoms with van der Waals surface area (Å²) in [5.74, 6) is 1.18. The van der Waals surface area contributed by atoms with Crippen LogP contribution in [0, 0.1) is 6.92 Å². The second-order valence-electron chi connectivity index (χ2n) is 7.78. The molecule has 1 saturated carbocycles. The summed E-state index contributed by atoms with van der Waals surface area (Å²) in [7, 11) is 0. The lowest BCUT2D eigenvalue weighted by atomic mass is 10.1. The van der Waals surface area contributed by atoms with Crippen LogP contribution in [-0.4, -0.2) is 27.7 Å². The van der Waals surface area contributed by atoms with Gasteiger partial charge in [-0.25, -0.2) is 9.97 Å². The molecular weight excluding hydrogens is 378 g/mol. The Kier molecular flexibility index (Phi) is 6.45. The zero-order valence-electron chi connectivity index (χ0n) is 16.9. The third-order valence-electron chi connectivity index (χ3n) is 5.44. The van der Waals surface area contributed by atoms with Crippen LogP contribution in [0.5, 0.6) is 0 Å². The number of para-hydroxylation sites is 1. The molecule has 4 rings (SSSR count). The van der Waals surface area contributed by atoms with Gasteiger partial charge >= 0.3 is 0 Å². The van der Waals surface area contributed by atoms with E-state index in [1.807, 2.05) is 36.4 Å². The molecule has 5 heteroatoms. The Morgan fingerprint density at radius 3 is 2.48 bits per heavy atom. The number of nitrogens with zero attached hydrogens (tertiary/aromatic N) is 2. The fourth-order valence-electron chi connectivity index (χ4n) is 3.82. The Hall–Kier alpha value is -2.40. The number of thioether (sulfide) groups is 1. The summed E-state index contributed by atoms with van der Waals surface area (Å²) >= 11 is 1.50. The van der Waals surface area contributed by atoms with E-state index >= 15 is 0 Å². The van der Waals surface area contributed by atoms with Crippen molar-refractivity contribution in [2.75, 3.05) is 5.75 Å². The van der Waals surface area contributed by atoms with Gasteiger partial charge < -0.3 is 5.32 Å². The number of fused-ring (bicyclic) bond motifs is 1. The van der Waals surface area contributed by atoms with Crippen LogP contribution < -0.4 is 5.32 Å². The summed E-state index contributed by atoms with van der Waals surface area (Å²) in [5.41, 5.74) is 3.11. The summed E-state index contributed by atoms with van der Waals surface area (Å²) < 4.78 is 0. The standard InChI is InChI=1S/C24H27N3OS/c1-17-12-14-18(15-13-17)23-26-21-11-7-6-10-20(21)24(27-23)29-16-22(28)25-19-8-4-2-3-5-9-19/h6-7,10-15,19H,2-5,8-9,16H2,1H3,(H,25,28). The van der Waals surface area contributed by atoms with Crippen LogP contribution in [0.25, 0.3) is 22.3 Å². The third kappa shape index (κ3) is 5.15. The minimum atomic E-state index is 0.0986. The summed E-state index contributed by atoms with van der Waals surface area (Å²) in [5, 5.41) is 5.09. The lowest BCUT2D eigenvalue weighted by Crippen LogP contribution is -2.35. The molecular formula is C24H27N3OS. The average Bonchev–Trinajstić information content (AvgIpc) is 3.01. The molecule has 1 N–H and O–H groups in total. The van der Waals surface area contributed by atoms with E-state index in [1.54, 1.807) is 0 Å². The van der Waals surface area contributed by atoms with E-state index in [2.05, 4.69) is 24.4 Å². The second kappa shape index (κ2) is 9.40. The van der Waals surface area contributed by atoms with E-state index in [9.17, 15) is 4.79 Å². The first kappa shape index (κ1) is 19.9. The fourth-order valence-corrected chi connectivity index (χ4v) is 4.65. The van der Waals surface area contributed by atoms with Gasteiger partial charge in [-0.05, 0) is 25.8 Å². The van der Waals surface area contributed by atoms with E-state index in [0.29, 0.717) is 17.6 Å². The van der Waals surface area contributed by atoms with Crippen molar-refractivity contribution in [2.24, 2.45) is 0 Å². The number of aromatic nitrogens is 2. The quantitative estimate of drug-likeness (QED) is 0.344. The molecule has 0 aliphatic heterocycles. The molecule has 0 atom stereocenters. The molecule has 150 valence electrons. The number of aryl methyl sites for hydroxylation is 1. The minimum Gasteiger partial charge on any atom is -0.353 e. The van der Waals surface area contributed by atoms with Crippen molar-refractivity contribution in [1.82, 2.24) is 15.3 Å². The van der Waals surface area contributed by atoms with Gasteiger partial charge in [0.05, 0.1) is 11.3 Å². The van der Waals surface area contributed by atoms with Gasteiger partial charge in [-0.2, -0.15) is 0 Å². The van der Waals surface area contributed by atoms with Crippen molar-refractivity contribution in [3.63, 3.8) is 0 Å². The lowest BCUT2D eigenvalue weighted by Gasteiger charge is -2.16. The SMILES string of the molecule is Cc1ccc(-c2nc(SCC(=O)NC3CCCCCC3)c3ccccc3n2)cc1. The number of hydrogen-bond donors (Lipinski definition) is 1. The van der Waals surface area contributed by atoms with Crippen molar-refractivity contribution in [3.05, 3.63) is 54.1 Å². The molecule has 2 aromatic carbocycles. The van der Waals surface area contributed by atoms with Crippen LogP contribution in [0.1, 0.15) is 44.1 Å². The molecule has 0 spiro atoms. The number of benzene rings is 2. The Bertz CT molecular complexity index is 979. The van der Waals surface area contributed by atoms with Gasteiger partial charge in [0, 0.05) is 17.0 Å². The molecule has 0 bridgehead atoms. The van der Waals surface area contributed by atoms with Gasteiger partial charge in [0.2, 0.25) is 5.91 Å². The number of carbonyl (C=O) groups excluding carboxylic acids is 1. The maximum Gasteiger partial charge on any atom is 0.230 e. The van der Waals surface area contributed by atoms with Crippen molar-refractivity contribution in [3.8, 4) is 11.4 Å². The Morgan fingerprint density at radius 1 is 1.00 bits per heavy atom. The van der Waals surface area contributed by atoms with E-state index in [4.69, 9.17) is 9.97 Å². The highest BCUT2D eigenvalue weighted by Gasteiger charge is 2.16. The molecule has 0 saturated heterocycles. The van der Waals surface area contributed by atoms with Crippen molar-refractivity contribution in [1.29, 1.82) is 0 Å². The van der Waals surface area contributed by atoms with Gasteiger partial charge in [0.1, 0.15) is 5.03 Å². The van der Waals surface area contributed by atoms with Crippen LogP contribution >= 0.6 is 11.8 Å². The topological polar surface area (TPSA) is 54.9 Å². The van der Waals surface area contributed by atoms with Crippen LogP contribution in [0.2, 0.25) is 0 Å². The van der Waals surface area contributed by atoms with Crippen LogP contribution in [-0.2, 0) is 4.79 Å². The van der Waals surface area contributed by atoms with Gasteiger partial charge in [-0.3, -0.25) is 4.79 Å². The van der Waals surface area contributed by atoms with Gasteiger partial charge in [0.15, 0.2) is 5.82 Å². The van der Waals surface area contributed by atoms with Crippen LogP contribution in [0.3, 0.4) is 0 Å². The number of carbonyl (C=O) groups is 1. The Morgan fingerprint density at radius 2 is 1.72 bits per heavy atom. The van der Waals surface area contributed by atoms with Gasteiger partial charge in [-0.15, -0.1) is 0 Å². The summed E-state index contributed by atoms with van der Waals surface area (Å²) in [6.07, 6.45) is 7.21. The Balaban J connectivity index is 1.52. The molecule has 1 heterocycles. The predicted molar refractivity (Wildman–Crippen MR) is 120 cm³/mol. The third-order valence-corrected chi connectivity index (χ3v) is 6.43. The summed E-state index contributed by atoms with van der Waals surface area (Å²) in [6.45, 7) is 2.07. The monoisotopic (exact) mass is 405 g/mol. The number of hydrogen-bond acceptors (Lipinski definition) is 4. The first-order chi connectivity index (χ1) is 14.2. The predicted octanol–water partition coefficient (Wildman–Crippen LogP) is 5.54. The second-order valence-corrected chi connectivity index (χ2v) is 8.74. The Labute approximate surface area is 176 Å². The molecule has 1 aromatic heterocycles. The maximum absolute atomic E-state index is 12.5. The molecule has 29 heavy (non-hydrogen) atoms. The van der Waals surface area contributed by atoms with E-state index in [0.717, 1.165) is 34.3 Å². The number of rotatable bonds is 5. The first-order valence-electron chi connectivity index (χ1n) is 10.4. The van der Waals surface area contributed by atoms with Crippen LogP contribution in [0.15, 0.2) is 53.6 Å². The van der Waals surface area contributed by atoms with E-state index in [1.165, 1.54) is 43.0 Å². The van der Waals surface area contributed by atoms with Crippen LogP contribution in [0.4, 0.5) is 0 Å². The van der Waals surface area contributed by atoms with Gasteiger partial charge in [0.25, 0.3) is 0 Å². The molecule has 0 unspecified atom stereocenters. The highest BCUT2D eigenvalue weighted by molar-refractivity contribution is 8.00. The van der Waals surface area contributed by atoms with Gasteiger partial charge in [-0.1, -0.05) is 85.5 Å². The highest BCUT2D eigenvalue weighted by Crippen LogP contribution is 2.28. The zero-order valence-corrected chi connectivity index (χ0v) is 17.7. The largest absolute Gasteiger partial charge is 0.353 e. The van der Waals surface area contributed by atoms with E-state index < -0.39 is 0 Å². The van der Waals surface area contributed by atoms with Crippen molar-refractivity contribution < 1.29 is 4.79 Å². The molecule has 4 nitrogen and oxygen atoms in total. The summed E-state index contributed by atoms with van der Waals surface area (Å²) in [4.78, 5) is 22.1. The molecule has 1 amide bonds. The normalized spacial score (nSPS) is 15.2. The van der Waals surface area contributed by atoms with Crippen molar-refractivity contribution >= 4 is 28.6 Å². The minimum absolute atomic E-state index is 0.0986. The zero-order chi connectivity index (χ0) is 20.1. The fraction of sp³-hybridized carbons (Fsp3) is 0.375. The molecule has 1 aliphatic rings. The number of nitrogens with one attached hydrogen (secondary N) is 1. The molecule has 0 radical (unpaired) electrons. The number of amides is 1. The maximum atomic E-state index is 12.5. The lowest BCUT2D eigenvalue weighted by molar-refractivity contribution is -0.119. The molecule has 3 aromatic rings. The first-order valence-corrected chi connectivity index (χ1v) is 11.4. The van der Waals surface area contributed by atoms with Crippen molar-refractivity contribution in [2.45, 2.75) is 56.5 Å². The highest BCUT2D eigenvalue weighted by atomic mass is 32.2. The summed E-state index contributed by atoms with van der Waals surface area (Å²) in [6, 6.07) is 16.6.